The van der Waals surface area contributed by atoms with Crippen molar-refractivity contribution in [2.45, 2.75) is 31.3 Å². The zero-order valence-electron chi connectivity index (χ0n) is 16.4. The number of hydrogen-bond acceptors (Lipinski definition) is 4. The highest BCUT2D eigenvalue weighted by Crippen LogP contribution is 2.42. The molecule has 9 heteroatoms. The minimum atomic E-state index is -1.14. The number of carboxylic acid groups (broad SMARTS) is 1. The molecule has 1 aromatic carbocycles. The molecule has 9 nitrogen and oxygen atoms in total. The lowest BCUT2D eigenvalue weighted by Crippen LogP contribution is -2.45. The van der Waals surface area contributed by atoms with E-state index in [0.717, 1.165) is 16.6 Å². The maximum Gasteiger partial charge on any atom is 0.329 e. The summed E-state index contributed by atoms with van der Waals surface area (Å²) in [6, 6.07) is 9.51. The molecule has 5 rings (SSSR count). The van der Waals surface area contributed by atoms with Crippen LogP contribution in [-0.4, -0.2) is 67.0 Å². The van der Waals surface area contributed by atoms with E-state index in [1.54, 1.807) is 4.90 Å². The van der Waals surface area contributed by atoms with Crippen molar-refractivity contribution in [2.75, 3.05) is 13.6 Å². The summed E-state index contributed by atoms with van der Waals surface area (Å²) in [5.41, 5.74) is 1.90. The number of likely N-dealkylation sites (N-methyl/N-ethyl adjacent to an activating group) is 1. The highest BCUT2D eigenvalue weighted by Gasteiger charge is 2.56. The lowest BCUT2D eigenvalue weighted by Gasteiger charge is -2.28. The summed E-state index contributed by atoms with van der Waals surface area (Å²) in [6.07, 6.45) is 1.42. The molecular formula is C21H21N5O4. The Morgan fingerprint density at radius 2 is 2.00 bits per heavy atom. The average molecular weight is 407 g/mol. The molecule has 2 amide bonds. The first kappa shape index (κ1) is 18.4. The molecular weight excluding hydrogens is 386 g/mol. The molecule has 0 bridgehead atoms. The summed E-state index contributed by atoms with van der Waals surface area (Å²) in [7, 11) is 1.50. The SMILES string of the molecule is CN(C(=O)c1n[nH]c2c1CN(C(=O)c1cc3ccccc3[nH]1)CC2)C1(C(=O)O)CC1. The molecule has 1 saturated carbocycles. The molecule has 1 aliphatic heterocycles. The van der Waals surface area contributed by atoms with Gasteiger partial charge in [0.05, 0.1) is 6.54 Å². The Morgan fingerprint density at radius 3 is 2.70 bits per heavy atom. The van der Waals surface area contributed by atoms with Gasteiger partial charge < -0.3 is 19.9 Å². The van der Waals surface area contributed by atoms with E-state index in [1.807, 2.05) is 30.3 Å². The summed E-state index contributed by atoms with van der Waals surface area (Å²) in [6.45, 7) is 0.751. The first-order valence-corrected chi connectivity index (χ1v) is 9.85. The zero-order chi connectivity index (χ0) is 21.0. The third-order valence-corrected chi connectivity index (χ3v) is 6.25. The Bertz CT molecular complexity index is 1160. The largest absolute Gasteiger partial charge is 0.479 e. The van der Waals surface area contributed by atoms with Crippen LogP contribution in [0.3, 0.4) is 0 Å². The van der Waals surface area contributed by atoms with Crippen LogP contribution in [0.2, 0.25) is 0 Å². The minimum Gasteiger partial charge on any atom is -0.479 e. The number of carbonyl (C=O) groups excluding carboxylic acids is 2. The summed E-state index contributed by atoms with van der Waals surface area (Å²) >= 11 is 0. The van der Waals surface area contributed by atoms with Gasteiger partial charge in [-0.15, -0.1) is 0 Å². The molecule has 2 aromatic heterocycles. The van der Waals surface area contributed by atoms with E-state index in [4.69, 9.17) is 0 Å². The normalized spacial score (nSPS) is 16.9. The van der Waals surface area contributed by atoms with E-state index in [0.29, 0.717) is 37.1 Å². The van der Waals surface area contributed by atoms with E-state index in [-0.39, 0.29) is 18.1 Å². The van der Waals surface area contributed by atoms with E-state index in [2.05, 4.69) is 15.2 Å². The summed E-state index contributed by atoms with van der Waals surface area (Å²) in [5.74, 6) is -1.58. The molecule has 3 aromatic rings. The molecule has 1 aliphatic carbocycles. The van der Waals surface area contributed by atoms with Gasteiger partial charge in [-0.2, -0.15) is 5.10 Å². The Morgan fingerprint density at radius 1 is 1.23 bits per heavy atom. The van der Waals surface area contributed by atoms with Crippen LogP contribution in [0.25, 0.3) is 10.9 Å². The van der Waals surface area contributed by atoms with Crippen LogP contribution < -0.4 is 0 Å². The topological polar surface area (TPSA) is 122 Å². The van der Waals surface area contributed by atoms with Crippen molar-refractivity contribution < 1.29 is 19.5 Å². The highest BCUT2D eigenvalue weighted by atomic mass is 16.4. The molecule has 0 unspecified atom stereocenters. The first-order chi connectivity index (χ1) is 14.4. The van der Waals surface area contributed by atoms with Crippen LogP contribution >= 0.6 is 0 Å². The number of carbonyl (C=O) groups is 3. The minimum absolute atomic E-state index is 0.144. The fraction of sp³-hybridized carbons (Fsp3) is 0.333. The number of nitrogens with one attached hydrogen (secondary N) is 2. The second-order valence-corrected chi connectivity index (χ2v) is 7.98. The molecule has 1 fully saturated rings. The van der Waals surface area contributed by atoms with Gasteiger partial charge in [0.2, 0.25) is 0 Å². The fourth-order valence-electron chi connectivity index (χ4n) is 4.17. The Hall–Kier alpha value is -3.62. The van der Waals surface area contributed by atoms with Crippen molar-refractivity contribution in [3.63, 3.8) is 0 Å². The van der Waals surface area contributed by atoms with E-state index in [9.17, 15) is 19.5 Å². The maximum absolute atomic E-state index is 13.1. The van der Waals surface area contributed by atoms with Gasteiger partial charge in [-0.05, 0) is 25.0 Å². The van der Waals surface area contributed by atoms with Crippen molar-refractivity contribution in [3.05, 3.63) is 53.0 Å². The van der Waals surface area contributed by atoms with Gasteiger partial charge in [0, 0.05) is 42.2 Å². The van der Waals surface area contributed by atoms with E-state index >= 15 is 0 Å². The van der Waals surface area contributed by atoms with Gasteiger partial charge in [-0.3, -0.25) is 14.7 Å². The average Bonchev–Trinajstić information content (AvgIpc) is 3.29. The number of amides is 2. The predicted octanol–water partition coefficient (Wildman–Crippen LogP) is 1.78. The van der Waals surface area contributed by atoms with Crippen LogP contribution in [0.4, 0.5) is 0 Å². The second-order valence-electron chi connectivity index (χ2n) is 7.98. The van der Waals surface area contributed by atoms with Crippen LogP contribution in [-0.2, 0) is 17.8 Å². The van der Waals surface area contributed by atoms with E-state index in [1.165, 1.54) is 11.9 Å². The number of rotatable bonds is 4. The van der Waals surface area contributed by atoms with Gasteiger partial charge >= 0.3 is 5.97 Å². The Balaban J connectivity index is 1.40. The molecule has 3 heterocycles. The van der Waals surface area contributed by atoms with Gasteiger partial charge in [-0.25, -0.2) is 4.79 Å². The Labute approximate surface area is 171 Å². The van der Waals surface area contributed by atoms with Crippen LogP contribution in [0.5, 0.6) is 0 Å². The van der Waals surface area contributed by atoms with Gasteiger partial charge in [-0.1, -0.05) is 18.2 Å². The number of para-hydroxylation sites is 1. The lowest BCUT2D eigenvalue weighted by molar-refractivity contribution is -0.143. The molecule has 3 N–H and O–H groups in total. The summed E-state index contributed by atoms with van der Waals surface area (Å²) in [4.78, 5) is 43.8. The predicted molar refractivity (Wildman–Crippen MR) is 107 cm³/mol. The van der Waals surface area contributed by atoms with Crippen molar-refractivity contribution in [2.24, 2.45) is 0 Å². The van der Waals surface area contributed by atoms with Crippen molar-refractivity contribution in [3.8, 4) is 0 Å². The monoisotopic (exact) mass is 407 g/mol. The van der Waals surface area contributed by atoms with Crippen LogP contribution in [0.15, 0.2) is 30.3 Å². The number of nitrogens with zero attached hydrogens (tertiary/aromatic N) is 3. The zero-order valence-corrected chi connectivity index (χ0v) is 16.4. The molecule has 2 aliphatic rings. The van der Waals surface area contributed by atoms with Gasteiger partial charge in [0.1, 0.15) is 11.2 Å². The highest BCUT2D eigenvalue weighted by molar-refractivity contribution is 6.00. The van der Waals surface area contributed by atoms with Crippen molar-refractivity contribution in [1.82, 2.24) is 25.0 Å². The number of H-pyrrole nitrogens is 2. The molecule has 154 valence electrons. The quantitative estimate of drug-likeness (QED) is 0.608. The lowest BCUT2D eigenvalue weighted by atomic mass is 10.0. The van der Waals surface area contributed by atoms with E-state index < -0.39 is 17.4 Å². The molecule has 0 atom stereocenters. The first-order valence-electron chi connectivity index (χ1n) is 9.85. The van der Waals surface area contributed by atoms with Crippen molar-refractivity contribution >= 4 is 28.7 Å². The number of aromatic amines is 2. The number of benzene rings is 1. The molecule has 0 spiro atoms. The second kappa shape index (κ2) is 6.45. The van der Waals surface area contributed by atoms with Crippen LogP contribution in [0, 0.1) is 0 Å². The summed E-state index contributed by atoms with van der Waals surface area (Å²) < 4.78 is 0. The van der Waals surface area contributed by atoms with Gasteiger partial charge in [0.15, 0.2) is 5.69 Å². The number of carboxylic acids is 1. The maximum atomic E-state index is 13.1. The third kappa shape index (κ3) is 2.69. The number of fused-ring (bicyclic) bond motifs is 2. The molecule has 0 radical (unpaired) electrons. The van der Waals surface area contributed by atoms with Crippen LogP contribution in [0.1, 0.15) is 45.1 Å². The third-order valence-electron chi connectivity index (χ3n) is 6.25. The number of aromatic nitrogens is 3. The Kier molecular flexibility index (Phi) is 3.96. The number of hydrogen-bond donors (Lipinski definition) is 3. The van der Waals surface area contributed by atoms with Crippen molar-refractivity contribution in [1.29, 1.82) is 0 Å². The fourth-order valence-corrected chi connectivity index (χ4v) is 4.17. The van der Waals surface area contributed by atoms with Gasteiger partial charge in [0.25, 0.3) is 11.8 Å². The molecule has 0 saturated heterocycles. The number of aliphatic carboxylic acids is 1. The smallest absolute Gasteiger partial charge is 0.329 e. The summed E-state index contributed by atoms with van der Waals surface area (Å²) in [5, 5.41) is 17.5. The standard InChI is InChI=1S/C21H21N5O4/c1-25(21(7-8-21)20(29)30)19(28)17-13-11-26(9-6-15(13)23-24-17)18(27)16-10-12-4-2-3-5-14(12)22-16/h2-5,10,22H,6-9,11H2,1H3,(H,23,24)(H,29,30). The molecule has 30 heavy (non-hydrogen) atoms.